The molecule has 10 heteroatoms. The van der Waals surface area contributed by atoms with Gasteiger partial charge >= 0.3 is 29.6 Å². The third-order valence-corrected chi connectivity index (χ3v) is 4.50. The van der Waals surface area contributed by atoms with Crippen LogP contribution in [0.15, 0.2) is 67.0 Å². The Kier molecular flexibility index (Phi) is 11.1. The van der Waals surface area contributed by atoms with Crippen molar-refractivity contribution < 1.29 is 65.4 Å². The number of hydrogen-bond donors (Lipinski definition) is 1. The number of carbonyl (C=O) groups excluding carboxylic acids is 2. The van der Waals surface area contributed by atoms with Crippen molar-refractivity contribution in [3.05, 3.63) is 94.8 Å². The number of carboxylic acids is 1. The number of aromatic carboxylic acids is 1. The van der Waals surface area contributed by atoms with Gasteiger partial charge in [-0.1, -0.05) is 24.3 Å². The number of nitrogens with one attached hydrogen (secondary N) is 1. The van der Waals surface area contributed by atoms with Gasteiger partial charge in [0.05, 0.1) is 17.6 Å². The summed E-state index contributed by atoms with van der Waals surface area (Å²) >= 11 is 0. The van der Waals surface area contributed by atoms with Crippen LogP contribution in [0.2, 0.25) is 0 Å². The molecule has 7 N–H and O–H groups in total. The standard InChI is InChI=1S/C21H16N2O4.Na.3H2O/c24-20(14-5-3-9-22-11-14)23-19-16-6-2-1-4-15(16)12-27-18-8-7-13(21(25)26)10-17(18)19;;;;/h1-11,19H,12H2,(H,23,24)(H,25,26);;3*1H2/q;+1;;;/p-1. The maximum atomic E-state index is 12.7. The molecule has 1 unspecified atom stereocenters. The molecule has 2 heterocycles. The molecule has 0 saturated carbocycles. The molecular formula is C21H21N2NaO7. The van der Waals surface area contributed by atoms with Gasteiger partial charge in [-0.3, -0.25) is 9.78 Å². The fourth-order valence-corrected chi connectivity index (χ4v) is 3.17. The van der Waals surface area contributed by atoms with E-state index in [1.54, 1.807) is 24.4 Å². The third kappa shape index (κ3) is 5.88. The first-order chi connectivity index (χ1) is 13.1. The molecule has 3 aromatic rings. The Bertz CT molecular complexity index is 1030. The van der Waals surface area contributed by atoms with Gasteiger partial charge in [0.1, 0.15) is 12.4 Å². The minimum absolute atomic E-state index is 0. The van der Waals surface area contributed by atoms with Crippen LogP contribution in [0.4, 0.5) is 0 Å². The van der Waals surface area contributed by atoms with Gasteiger partial charge in [0, 0.05) is 18.0 Å². The second kappa shape index (κ2) is 12.2. The predicted molar refractivity (Wildman–Crippen MR) is 106 cm³/mol. The SMILES string of the molecule is O.O.O.O=C([O-])c1ccc2c(c1)C(NC(=O)c1cccnc1)c1ccccc1CO2.[Na+]. The van der Waals surface area contributed by atoms with Crippen LogP contribution in [0.1, 0.15) is 43.4 Å². The summed E-state index contributed by atoms with van der Waals surface area (Å²) in [6, 6.07) is 14.9. The van der Waals surface area contributed by atoms with E-state index in [1.165, 1.54) is 18.3 Å². The van der Waals surface area contributed by atoms with Gasteiger partial charge < -0.3 is 36.4 Å². The zero-order valence-electron chi connectivity index (χ0n) is 16.7. The molecule has 2 aromatic carbocycles. The van der Waals surface area contributed by atoms with E-state index in [2.05, 4.69) is 10.3 Å². The van der Waals surface area contributed by atoms with Crippen molar-refractivity contribution in [2.75, 3.05) is 0 Å². The summed E-state index contributed by atoms with van der Waals surface area (Å²) in [4.78, 5) is 28.0. The van der Waals surface area contributed by atoms with E-state index < -0.39 is 12.0 Å². The normalized spacial score (nSPS) is 13.0. The molecule has 0 saturated heterocycles. The van der Waals surface area contributed by atoms with Crippen LogP contribution in [0.5, 0.6) is 5.75 Å². The number of fused-ring (bicyclic) bond motifs is 2. The molecule has 0 radical (unpaired) electrons. The second-order valence-electron chi connectivity index (χ2n) is 6.18. The molecule has 1 amide bonds. The summed E-state index contributed by atoms with van der Waals surface area (Å²) < 4.78 is 5.85. The maximum absolute atomic E-state index is 12.7. The summed E-state index contributed by atoms with van der Waals surface area (Å²) in [6.45, 7) is 0.326. The molecular weight excluding hydrogens is 415 g/mol. The van der Waals surface area contributed by atoms with Crippen LogP contribution < -0.4 is 44.7 Å². The van der Waals surface area contributed by atoms with E-state index in [4.69, 9.17) is 4.74 Å². The minimum Gasteiger partial charge on any atom is -0.545 e. The van der Waals surface area contributed by atoms with Crippen molar-refractivity contribution in [3.8, 4) is 5.75 Å². The Balaban J connectivity index is 0.00000225. The van der Waals surface area contributed by atoms with Gasteiger partial charge in [-0.05, 0) is 47.0 Å². The monoisotopic (exact) mass is 436 g/mol. The molecule has 0 bridgehead atoms. The van der Waals surface area contributed by atoms with Gasteiger partial charge in [0.2, 0.25) is 0 Å². The van der Waals surface area contributed by atoms with Crippen molar-refractivity contribution in [1.82, 2.24) is 10.3 Å². The number of carboxylic acid groups (broad SMARTS) is 1. The zero-order valence-corrected chi connectivity index (χ0v) is 18.7. The number of pyridine rings is 1. The first-order valence-corrected chi connectivity index (χ1v) is 8.40. The van der Waals surface area contributed by atoms with Crippen LogP contribution >= 0.6 is 0 Å². The number of ether oxygens (including phenoxy) is 1. The van der Waals surface area contributed by atoms with Crippen molar-refractivity contribution in [2.24, 2.45) is 0 Å². The molecule has 0 spiro atoms. The van der Waals surface area contributed by atoms with E-state index in [0.29, 0.717) is 23.5 Å². The van der Waals surface area contributed by atoms with Crippen LogP contribution in [0, 0.1) is 0 Å². The average molecular weight is 436 g/mol. The van der Waals surface area contributed by atoms with Gasteiger partial charge in [0.15, 0.2) is 0 Å². The van der Waals surface area contributed by atoms with E-state index in [9.17, 15) is 14.7 Å². The molecule has 31 heavy (non-hydrogen) atoms. The van der Waals surface area contributed by atoms with Crippen molar-refractivity contribution in [2.45, 2.75) is 12.6 Å². The summed E-state index contributed by atoms with van der Waals surface area (Å²) in [5, 5.41) is 14.3. The molecule has 1 aromatic heterocycles. The fourth-order valence-electron chi connectivity index (χ4n) is 3.17. The summed E-state index contributed by atoms with van der Waals surface area (Å²) in [5.41, 5.74) is 2.78. The van der Waals surface area contributed by atoms with Crippen molar-refractivity contribution >= 4 is 11.9 Å². The number of carbonyl (C=O) groups is 2. The molecule has 9 nitrogen and oxygen atoms in total. The maximum Gasteiger partial charge on any atom is 1.00 e. The summed E-state index contributed by atoms with van der Waals surface area (Å²) in [7, 11) is 0. The van der Waals surface area contributed by atoms with Crippen LogP contribution in [-0.2, 0) is 6.61 Å². The fraction of sp³-hybridized carbons (Fsp3) is 0.0952. The van der Waals surface area contributed by atoms with E-state index in [0.717, 1.165) is 11.1 Å². The Morgan fingerprint density at radius 1 is 0.968 bits per heavy atom. The zero-order chi connectivity index (χ0) is 18.8. The van der Waals surface area contributed by atoms with Crippen LogP contribution in [0.3, 0.4) is 0 Å². The molecule has 4 rings (SSSR count). The smallest absolute Gasteiger partial charge is 0.545 e. The number of aromatic nitrogens is 1. The number of hydrogen-bond acceptors (Lipinski definition) is 5. The number of benzene rings is 2. The Labute approximate surface area is 200 Å². The first kappa shape index (κ1) is 28.2. The molecule has 1 aliphatic rings. The van der Waals surface area contributed by atoms with Gasteiger partial charge in [-0.15, -0.1) is 0 Å². The minimum atomic E-state index is -1.28. The Hall–Kier alpha value is -2.79. The number of amides is 1. The summed E-state index contributed by atoms with van der Waals surface area (Å²) in [6.07, 6.45) is 3.07. The third-order valence-electron chi connectivity index (χ3n) is 4.50. The topological polar surface area (TPSA) is 186 Å². The van der Waals surface area contributed by atoms with E-state index >= 15 is 0 Å². The van der Waals surface area contributed by atoms with Gasteiger partial charge in [-0.2, -0.15) is 0 Å². The molecule has 0 aliphatic carbocycles. The second-order valence-corrected chi connectivity index (χ2v) is 6.18. The average Bonchev–Trinajstić information content (AvgIpc) is 2.85. The largest absolute Gasteiger partial charge is 1.00 e. The predicted octanol–water partition coefficient (Wildman–Crippen LogP) is -3.61. The Morgan fingerprint density at radius 3 is 2.39 bits per heavy atom. The van der Waals surface area contributed by atoms with Crippen molar-refractivity contribution in [3.63, 3.8) is 0 Å². The van der Waals surface area contributed by atoms with E-state index in [1.807, 2.05) is 24.3 Å². The molecule has 158 valence electrons. The Morgan fingerprint density at radius 2 is 1.71 bits per heavy atom. The van der Waals surface area contributed by atoms with Gasteiger partial charge in [-0.25, -0.2) is 0 Å². The molecule has 0 fully saturated rings. The summed E-state index contributed by atoms with van der Waals surface area (Å²) in [5.74, 6) is -1.07. The van der Waals surface area contributed by atoms with E-state index in [-0.39, 0.29) is 57.5 Å². The van der Waals surface area contributed by atoms with Crippen LogP contribution in [-0.4, -0.2) is 33.3 Å². The van der Waals surface area contributed by atoms with Crippen molar-refractivity contribution in [1.29, 1.82) is 0 Å². The molecule has 1 atom stereocenters. The first-order valence-electron chi connectivity index (χ1n) is 8.40. The van der Waals surface area contributed by atoms with Gasteiger partial charge in [0.25, 0.3) is 5.91 Å². The quantitative estimate of drug-likeness (QED) is 0.415. The van der Waals surface area contributed by atoms with Crippen LogP contribution in [0.25, 0.3) is 0 Å². The molecule has 1 aliphatic heterocycles. The number of nitrogens with zero attached hydrogens (tertiary/aromatic N) is 1. The number of rotatable bonds is 3.